The van der Waals surface area contributed by atoms with Gasteiger partial charge in [-0.1, -0.05) is 0 Å². The Balaban J connectivity index is 1.84. The number of carbonyl (C=O) groups excluding carboxylic acids is 2. The van der Waals surface area contributed by atoms with Gasteiger partial charge in [0.15, 0.2) is 0 Å². The molecule has 0 aromatic heterocycles. The van der Waals surface area contributed by atoms with Crippen LogP contribution < -0.4 is 20.3 Å². The van der Waals surface area contributed by atoms with E-state index >= 15 is 0 Å². The zero-order valence-corrected chi connectivity index (χ0v) is 16.1. The SMILES string of the molecule is CCOc1ccc(NC(=O)CC(=O)Nc2ccc(N(CC)CC)cc2)cc1. The number of nitrogens with zero attached hydrogens (tertiary/aromatic N) is 1. The number of ether oxygens (including phenoxy) is 1. The Labute approximate surface area is 160 Å². The van der Waals surface area contributed by atoms with Gasteiger partial charge in [0.2, 0.25) is 11.8 Å². The quantitative estimate of drug-likeness (QED) is 0.658. The van der Waals surface area contributed by atoms with Crippen LogP contribution in [0.5, 0.6) is 5.75 Å². The van der Waals surface area contributed by atoms with Crippen LogP contribution in [0.15, 0.2) is 48.5 Å². The smallest absolute Gasteiger partial charge is 0.233 e. The van der Waals surface area contributed by atoms with Gasteiger partial charge in [-0.25, -0.2) is 0 Å². The molecule has 6 heteroatoms. The zero-order valence-electron chi connectivity index (χ0n) is 16.1. The lowest BCUT2D eigenvalue weighted by Gasteiger charge is -2.21. The summed E-state index contributed by atoms with van der Waals surface area (Å²) < 4.78 is 5.35. The molecule has 0 bridgehead atoms. The molecule has 0 heterocycles. The first-order chi connectivity index (χ1) is 13.0. The summed E-state index contributed by atoms with van der Waals surface area (Å²) in [6, 6.07) is 14.6. The first kappa shape index (κ1) is 20.3. The lowest BCUT2D eigenvalue weighted by Crippen LogP contribution is -2.22. The molecule has 6 nitrogen and oxygen atoms in total. The van der Waals surface area contributed by atoms with E-state index in [0.717, 1.165) is 24.5 Å². The first-order valence-electron chi connectivity index (χ1n) is 9.23. The van der Waals surface area contributed by atoms with Gasteiger partial charge >= 0.3 is 0 Å². The van der Waals surface area contributed by atoms with Gasteiger partial charge in [0.25, 0.3) is 0 Å². The first-order valence-corrected chi connectivity index (χ1v) is 9.23. The van der Waals surface area contributed by atoms with Gasteiger partial charge in [0.1, 0.15) is 12.2 Å². The molecule has 2 N–H and O–H groups in total. The van der Waals surface area contributed by atoms with Gasteiger partial charge in [-0.15, -0.1) is 0 Å². The lowest BCUT2D eigenvalue weighted by molar-refractivity contribution is -0.123. The summed E-state index contributed by atoms with van der Waals surface area (Å²) >= 11 is 0. The van der Waals surface area contributed by atoms with Crippen molar-refractivity contribution in [3.63, 3.8) is 0 Å². The number of carbonyl (C=O) groups is 2. The molecule has 0 saturated carbocycles. The fourth-order valence-electron chi connectivity index (χ4n) is 2.70. The van der Waals surface area contributed by atoms with E-state index in [0.29, 0.717) is 18.0 Å². The summed E-state index contributed by atoms with van der Waals surface area (Å²) in [4.78, 5) is 26.3. The van der Waals surface area contributed by atoms with E-state index < -0.39 is 0 Å². The molecule has 0 atom stereocenters. The Kier molecular flexibility index (Phi) is 7.67. The summed E-state index contributed by atoms with van der Waals surface area (Å²) in [6.07, 6.45) is -0.245. The third-order valence-corrected chi connectivity index (χ3v) is 4.05. The predicted octanol–water partition coefficient (Wildman–Crippen LogP) is 3.90. The van der Waals surface area contributed by atoms with Crippen LogP contribution in [0.2, 0.25) is 0 Å². The van der Waals surface area contributed by atoms with Gasteiger partial charge in [-0.2, -0.15) is 0 Å². The lowest BCUT2D eigenvalue weighted by atomic mass is 10.2. The van der Waals surface area contributed by atoms with E-state index in [4.69, 9.17) is 4.74 Å². The second-order valence-electron chi connectivity index (χ2n) is 5.95. The standard InChI is InChI=1S/C21H27N3O3/c1-4-24(5-2)18-11-7-16(8-12-18)22-20(25)15-21(26)23-17-9-13-19(14-10-17)27-6-3/h7-14H,4-6,15H2,1-3H3,(H,22,25)(H,23,26). The number of hydrogen-bond acceptors (Lipinski definition) is 4. The van der Waals surface area contributed by atoms with E-state index in [1.807, 2.05) is 31.2 Å². The molecule has 0 aliphatic carbocycles. The van der Waals surface area contributed by atoms with Crippen molar-refractivity contribution >= 4 is 28.9 Å². The molecule has 2 rings (SSSR count). The summed E-state index contributed by atoms with van der Waals surface area (Å²) in [5.74, 6) is 0.0202. The highest BCUT2D eigenvalue weighted by Gasteiger charge is 2.10. The average molecular weight is 369 g/mol. The summed E-state index contributed by atoms with van der Waals surface area (Å²) in [6.45, 7) is 8.54. The molecule has 0 saturated heterocycles. The molecule has 0 aliphatic heterocycles. The normalized spacial score (nSPS) is 10.2. The third kappa shape index (κ3) is 6.33. The van der Waals surface area contributed by atoms with Crippen LogP contribution in [0.3, 0.4) is 0 Å². The van der Waals surface area contributed by atoms with Crippen LogP contribution in [0.4, 0.5) is 17.1 Å². The minimum Gasteiger partial charge on any atom is -0.494 e. The Bertz CT molecular complexity index is 738. The van der Waals surface area contributed by atoms with Crippen molar-refractivity contribution < 1.29 is 14.3 Å². The van der Waals surface area contributed by atoms with E-state index in [1.165, 1.54) is 0 Å². The number of hydrogen-bond donors (Lipinski definition) is 2. The Hall–Kier alpha value is -3.02. The van der Waals surface area contributed by atoms with E-state index in [9.17, 15) is 9.59 Å². The molecule has 2 aromatic carbocycles. The third-order valence-electron chi connectivity index (χ3n) is 4.05. The fraction of sp³-hybridized carbons (Fsp3) is 0.333. The van der Waals surface area contributed by atoms with Gasteiger partial charge in [-0.05, 0) is 69.3 Å². The van der Waals surface area contributed by atoms with Crippen molar-refractivity contribution in [1.29, 1.82) is 0 Å². The highest BCUT2D eigenvalue weighted by atomic mass is 16.5. The molecular formula is C21H27N3O3. The molecule has 2 aromatic rings. The van der Waals surface area contributed by atoms with Crippen LogP contribution in [0.1, 0.15) is 27.2 Å². The summed E-state index contributed by atoms with van der Waals surface area (Å²) in [5, 5.41) is 5.45. The average Bonchev–Trinajstić information content (AvgIpc) is 2.65. The number of benzene rings is 2. The molecule has 0 aliphatic rings. The Morgan fingerprint density at radius 1 is 0.815 bits per heavy atom. The molecule has 2 amide bonds. The minimum absolute atomic E-state index is 0.245. The maximum Gasteiger partial charge on any atom is 0.233 e. The van der Waals surface area contributed by atoms with Gasteiger partial charge in [0.05, 0.1) is 6.61 Å². The number of amides is 2. The maximum atomic E-state index is 12.1. The van der Waals surface area contributed by atoms with Gasteiger partial charge in [0, 0.05) is 30.2 Å². The van der Waals surface area contributed by atoms with Crippen LogP contribution in [-0.2, 0) is 9.59 Å². The van der Waals surface area contributed by atoms with Crippen LogP contribution in [-0.4, -0.2) is 31.5 Å². The molecular weight excluding hydrogens is 342 g/mol. The van der Waals surface area contributed by atoms with Crippen molar-refractivity contribution in [2.24, 2.45) is 0 Å². The topological polar surface area (TPSA) is 70.7 Å². The van der Waals surface area contributed by atoms with Crippen molar-refractivity contribution in [2.45, 2.75) is 27.2 Å². The highest BCUT2D eigenvalue weighted by Crippen LogP contribution is 2.18. The predicted molar refractivity (Wildman–Crippen MR) is 109 cm³/mol. The molecule has 0 radical (unpaired) electrons. The summed E-state index contributed by atoms with van der Waals surface area (Å²) in [5.41, 5.74) is 2.40. The maximum absolute atomic E-state index is 12.1. The highest BCUT2D eigenvalue weighted by molar-refractivity contribution is 6.08. The number of anilines is 3. The van der Waals surface area contributed by atoms with E-state index in [2.05, 4.69) is 29.4 Å². The second kappa shape index (κ2) is 10.2. The van der Waals surface area contributed by atoms with E-state index in [1.54, 1.807) is 24.3 Å². The largest absolute Gasteiger partial charge is 0.494 e. The van der Waals surface area contributed by atoms with Crippen LogP contribution in [0, 0.1) is 0 Å². The van der Waals surface area contributed by atoms with Gasteiger partial charge in [-0.3, -0.25) is 9.59 Å². The number of rotatable bonds is 9. The summed E-state index contributed by atoms with van der Waals surface area (Å²) in [7, 11) is 0. The zero-order chi connectivity index (χ0) is 19.6. The monoisotopic (exact) mass is 369 g/mol. The van der Waals surface area contributed by atoms with Gasteiger partial charge < -0.3 is 20.3 Å². The molecule has 0 fully saturated rings. The van der Waals surface area contributed by atoms with Crippen LogP contribution in [0.25, 0.3) is 0 Å². The molecule has 0 spiro atoms. The molecule has 0 unspecified atom stereocenters. The van der Waals surface area contributed by atoms with Crippen molar-refractivity contribution in [1.82, 2.24) is 0 Å². The Morgan fingerprint density at radius 2 is 1.30 bits per heavy atom. The van der Waals surface area contributed by atoms with Crippen LogP contribution >= 0.6 is 0 Å². The minimum atomic E-state index is -0.364. The molecule has 27 heavy (non-hydrogen) atoms. The number of nitrogens with one attached hydrogen (secondary N) is 2. The molecule has 144 valence electrons. The fourth-order valence-corrected chi connectivity index (χ4v) is 2.70. The van der Waals surface area contributed by atoms with Crippen molar-refractivity contribution in [2.75, 3.05) is 35.2 Å². The van der Waals surface area contributed by atoms with Crippen molar-refractivity contribution in [3.05, 3.63) is 48.5 Å². The second-order valence-corrected chi connectivity index (χ2v) is 5.95. The van der Waals surface area contributed by atoms with E-state index in [-0.39, 0.29) is 18.2 Å². The Morgan fingerprint density at radius 3 is 1.74 bits per heavy atom. The van der Waals surface area contributed by atoms with Crippen molar-refractivity contribution in [3.8, 4) is 5.75 Å².